The van der Waals surface area contributed by atoms with Crippen molar-refractivity contribution in [2.75, 3.05) is 11.9 Å². The number of carbonyl (C=O) groups excluding carboxylic acids is 1. The van der Waals surface area contributed by atoms with E-state index in [1.54, 1.807) is 6.92 Å². The monoisotopic (exact) mass is 294 g/mol. The molecule has 0 unspecified atom stereocenters. The van der Waals surface area contributed by atoms with Crippen LogP contribution in [0.15, 0.2) is 18.2 Å². The molecule has 6 heteroatoms. The van der Waals surface area contributed by atoms with Crippen LogP contribution in [0, 0.1) is 12.7 Å². The first-order chi connectivity index (χ1) is 9.97. The minimum atomic E-state index is -1.03. The summed E-state index contributed by atoms with van der Waals surface area (Å²) in [5.74, 6) is -1.41. The molecule has 1 aromatic rings. The normalized spacial score (nSPS) is 15.0. The number of amides is 2. The van der Waals surface area contributed by atoms with Crippen LogP contribution in [0.1, 0.15) is 31.2 Å². The molecule has 1 fully saturated rings. The summed E-state index contributed by atoms with van der Waals surface area (Å²) in [5, 5.41) is 11.7. The van der Waals surface area contributed by atoms with Crippen molar-refractivity contribution in [3.05, 3.63) is 29.6 Å². The van der Waals surface area contributed by atoms with Gasteiger partial charge in [0.15, 0.2) is 0 Å². The van der Waals surface area contributed by atoms with Gasteiger partial charge in [-0.1, -0.05) is 12.8 Å². The minimum Gasteiger partial charge on any atom is -0.480 e. The van der Waals surface area contributed by atoms with Crippen LogP contribution in [-0.2, 0) is 4.79 Å². The van der Waals surface area contributed by atoms with Gasteiger partial charge in [-0.05, 0) is 43.5 Å². The van der Waals surface area contributed by atoms with Gasteiger partial charge in [0, 0.05) is 11.7 Å². The van der Waals surface area contributed by atoms with E-state index in [1.807, 2.05) is 0 Å². The third-order valence-electron chi connectivity index (χ3n) is 3.76. The van der Waals surface area contributed by atoms with Crippen LogP contribution in [0.4, 0.5) is 14.9 Å². The predicted octanol–water partition coefficient (Wildman–Crippen LogP) is 3.00. The van der Waals surface area contributed by atoms with Crippen LogP contribution >= 0.6 is 0 Å². The number of halogens is 1. The fraction of sp³-hybridized carbons (Fsp3) is 0.467. The number of carboxylic acid groups (broad SMARTS) is 1. The minimum absolute atomic E-state index is 0.0399. The second kappa shape index (κ2) is 6.56. The molecule has 0 atom stereocenters. The predicted molar refractivity (Wildman–Crippen MR) is 76.8 cm³/mol. The number of nitrogens with one attached hydrogen (secondary N) is 1. The number of urea groups is 1. The van der Waals surface area contributed by atoms with Gasteiger partial charge < -0.3 is 15.3 Å². The van der Waals surface area contributed by atoms with Crippen molar-refractivity contribution in [3.63, 3.8) is 0 Å². The van der Waals surface area contributed by atoms with E-state index in [0.717, 1.165) is 25.7 Å². The zero-order chi connectivity index (χ0) is 15.4. The largest absolute Gasteiger partial charge is 0.480 e. The lowest BCUT2D eigenvalue weighted by Gasteiger charge is -2.27. The molecule has 1 aromatic carbocycles. The number of hydrogen-bond donors (Lipinski definition) is 2. The molecule has 0 aromatic heterocycles. The molecule has 0 aliphatic heterocycles. The van der Waals surface area contributed by atoms with Crippen molar-refractivity contribution in [1.82, 2.24) is 4.90 Å². The van der Waals surface area contributed by atoms with Gasteiger partial charge in [0.25, 0.3) is 0 Å². The molecule has 1 aliphatic rings. The Labute approximate surface area is 122 Å². The van der Waals surface area contributed by atoms with Crippen molar-refractivity contribution in [1.29, 1.82) is 0 Å². The molecule has 0 saturated heterocycles. The Balaban J connectivity index is 2.11. The number of benzene rings is 1. The third-order valence-corrected chi connectivity index (χ3v) is 3.76. The van der Waals surface area contributed by atoms with E-state index in [1.165, 1.54) is 23.1 Å². The first-order valence-electron chi connectivity index (χ1n) is 7.03. The van der Waals surface area contributed by atoms with E-state index in [9.17, 15) is 14.0 Å². The molecule has 0 heterocycles. The molecule has 2 amide bonds. The summed E-state index contributed by atoms with van der Waals surface area (Å²) >= 11 is 0. The highest BCUT2D eigenvalue weighted by atomic mass is 19.1. The molecular weight excluding hydrogens is 275 g/mol. The smallest absolute Gasteiger partial charge is 0.323 e. The zero-order valence-electron chi connectivity index (χ0n) is 11.9. The SMILES string of the molecule is Cc1cc(F)ccc1NC(=O)N(CC(=O)O)C1CCCC1. The van der Waals surface area contributed by atoms with Gasteiger partial charge >= 0.3 is 12.0 Å². The Kier molecular flexibility index (Phi) is 4.77. The maximum Gasteiger partial charge on any atom is 0.323 e. The summed E-state index contributed by atoms with van der Waals surface area (Å²) in [6.45, 7) is 1.37. The lowest BCUT2D eigenvalue weighted by atomic mass is 10.2. The lowest BCUT2D eigenvalue weighted by Crippen LogP contribution is -2.44. The van der Waals surface area contributed by atoms with Crippen LogP contribution in [0.5, 0.6) is 0 Å². The first kappa shape index (κ1) is 15.3. The van der Waals surface area contributed by atoms with E-state index in [-0.39, 0.29) is 18.4 Å². The Bertz CT molecular complexity index is 542. The van der Waals surface area contributed by atoms with Crippen LogP contribution in [0.3, 0.4) is 0 Å². The Morgan fingerprint density at radius 2 is 2.05 bits per heavy atom. The Hall–Kier alpha value is -2.11. The van der Waals surface area contributed by atoms with Gasteiger partial charge in [-0.25, -0.2) is 9.18 Å². The van der Waals surface area contributed by atoms with Gasteiger partial charge in [0.1, 0.15) is 12.4 Å². The molecule has 2 N–H and O–H groups in total. The van der Waals surface area contributed by atoms with Gasteiger partial charge in [-0.3, -0.25) is 4.79 Å². The van der Waals surface area contributed by atoms with Crippen LogP contribution in [0.25, 0.3) is 0 Å². The topological polar surface area (TPSA) is 69.6 Å². The van der Waals surface area contributed by atoms with Gasteiger partial charge in [-0.2, -0.15) is 0 Å². The van der Waals surface area contributed by atoms with Crippen molar-refractivity contribution in [2.24, 2.45) is 0 Å². The lowest BCUT2D eigenvalue weighted by molar-refractivity contribution is -0.138. The Morgan fingerprint density at radius 3 is 2.62 bits per heavy atom. The maximum absolute atomic E-state index is 13.1. The summed E-state index contributed by atoms with van der Waals surface area (Å²) in [7, 11) is 0. The fourth-order valence-electron chi connectivity index (χ4n) is 2.68. The quantitative estimate of drug-likeness (QED) is 0.897. The number of carbonyl (C=O) groups is 2. The summed E-state index contributed by atoms with van der Waals surface area (Å²) in [5.41, 5.74) is 1.10. The number of aryl methyl sites for hydroxylation is 1. The van der Waals surface area contributed by atoms with Crippen LogP contribution < -0.4 is 5.32 Å². The summed E-state index contributed by atoms with van der Waals surface area (Å²) in [6.07, 6.45) is 3.65. The van der Waals surface area contributed by atoms with E-state index in [2.05, 4.69) is 5.32 Å². The highest BCUT2D eigenvalue weighted by Gasteiger charge is 2.28. The van der Waals surface area contributed by atoms with Gasteiger partial charge in [-0.15, -0.1) is 0 Å². The second-order valence-corrected chi connectivity index (χ2v) is 5.35. The van der Waals surface area contributed by atoms with E-state index in [0.29, 0.717) is 11.3 Å². The fourth-order valence-corrected chi connectivity index (χ4v) is 2.68. The molecule has 0 spiro atoms. The molecule has 114 valence electrons. The number of carboxylic acids is 1. The molecule has 2 rings (SSSR count). The summed E-state index contributed by atoms with van der Waals surface area (Å²) < 4.78 is 13.1. The van der Waals surface area contributed by atoms with Gasteiger partial charge in [0.05, 0.1) is 0 Å². The van der Waals surface area contributed by atoms with Crippen molar-refractivity contribution in [3.8, 4) is 0 Å². The molecule has 1 saturated carbocycles. The van der Waals surface area contributed by atoms with Crippen molar-refractivity contribution in [2.45, 2.75) is 38.6 Å². The summed E-state index contributed by atoms with van der Waals surface area (Å²) in [6, 6.07) is 3.59. The van der Waals surface area contributed by atoms with Gasteiger partial charge in [0.2, 0.25) is 0 Å². The number of anilines is 1. The number of aliphatic carboxylic acids is 1. The van der Waals surface area contributed by atoms with E-state index in [4.69, 9.17) is 5.11 Å². The average molecular weight is 294 g/mol. The number of nitrogens with zero attached hydrogens (tertiary/aromatic N) is 1. The highest BCUT2D eigenvalue weighted by molar-refractivity contribution is 5.92. The van der Waals surface area contributed by atoms with E-state index < -0.39 is 12.0 Å². The molecule has 5 nitrogen and oxygen atoms in total. The van der Waals surface area contributed by atoms with E-state index >= 15 is 0 Å². The second-order valence-electron chi connectivity index (χ2n) is 5.35. The summed E-state index contributed by atoms with van der Waals surface area (Å²) in [4.78, 5) is 24.7. The zero-order valence-corrected chi connectivity index (χ0v) is 11.9. The maximum atomic E-state index is 13.1. The van der Waals surface area contributed by atoms with Crippen LogP contribution in [-0.4, -0.2) is 34.6 Å². The molecule has 21 heavy (non-hydrogen) atoms. The average Bonchev–Trinajstić information content (AvgIpc) is 2.92. The number of hydrogen-bond acceptors (Lipinski definition) is 2. The molecular formula is C15H19FN2O3. The standard InChI is InChI=1S/C15H19FN2O3/c1-10-8-11(16)6-7-13(10)17-15(21)18(9-14(19)20)12-4-2-3-5-12/h6-8,12H,2-5,9H2,1H3,(H,17,21)(H,19,20). The first-order valence-corrected chi connectivity index (χ1v) is 7.03. The van der Waals surface area contributed by atoms with Crippen molar-refractivity contribution < 1.29 is 19.1 Å². The number of rotatable bonds is 4. The van der Waals surface area contributed by atoms with Crippen LogP contribution in [0.2, 0.25) is 0 Å². The Morgan fingerprint density at radius 1 is 1.38 bits per heavy atom. The molecule has 0 bridgehead atoms. The van der Waals surface area contributed by atoms with Crippen molar-refractivity contribution >= 4 is 17.7 Å². The third kappa shape index (κ3) is 3.93. The highest BCUT2D eigenvalue weighted by Crippen LogP contribution is 2.24. The molecule has 1 aliphatic carbocycles. The molecule has 0 radical (unpaired) electrons.